The van der Waals surface area contributed by atoms with Crippen molar-refractivity contribution in [3.05, 3.63) is 34.5 Å². The van der Waals surface area contributed by atoms with E-state index in [2.05, 4.69) is 35.3 Å². The number of aromatic nitrogens is 3. The van der Waals surface area contributed by atoms with E-state index in [0.717, 1.165) is 13.1 Å². The summed E-state index contributed by atoms with van der Waals surface area (Å²) in [6.45, 7) is 5.96. The first-order valence-corrected chi connectivity index (χ1v) is 6.25. The third-order valence-corrected chi connectivity index (χ3v) is 3.05. The van der Waals surface area contributed by atoms with Crippen LogP contribution in [0.3, 0.4) is 0 Å². The molecule has 0 saturated carbocycles. The minimum atomic E-state index is 0.492. The summed E-state index contributed by atoms with van der Waals surface area (Å²) in [6.07, 6.45) is 3.74. The van der Waals surface area contributed by atoms with E-state index in [0.29, 0.717) is 6.04 Å². The van der Waals surface area contributed by atoms with Gasteiger partial charge >= 0.3 is 0 Å². The lowest BCUT2D eigenvalue weighted by Gasteiger charge is -2.09. The van der Waals surface area contributed by atoms with E-state index >= 15 is 0 Å². The maximum absolute atomic E-state index is 4.32. The Morgan fingerprint density at radius 1 is 1.50 bits per heavy atom. The molecule has 0 radical (unpaired) electrons. The summed E-state index contributed by atoms with van der Waals surface area (Å²) in [5, 5.41) is 7.72. The molecule has 0 bridgehead atoms. The maximum atomic E-state index is 4.32. The second-order valence-corrected chi connectivity index (χ2v) is 4.95. The van der Waals surface area contributed by atoms with Gasteiger partial charge in [-0.2, -0.15) is 5.10 Å². The van der Waals surface area contributed by atoms with Gasteiger partial charge in [0.2, 0.25) is 0 Å². The summed E-state index contributed by atoms with van der Waals surface area (Å²) in [5.74, 6) is 0. The Hall–Kier alpha value is -1.20. The van der Waals surface area contributed by atoms with Crippen LogP contribution in [-0.2, 0) is 13.1 Å². The fourth-order valence-electron chi connectivity index (χ4n) is 1.43. The molecule has 1 N–H and O–H groups in total. The molecule has 0 aliphatic heterocycles. The second kappa shape index (κ2) is 5.23. The zero-order valence-corrected chi connectivity index (χ0v) is 10.4. The van der Waals surface area contributed by atoms with Crippen molar-refractivity contribution < 1.29 is 0 Å². The lowest BCUT2D eigenvalue weighted by molar-refractivity contribution is 0.548. The standard InChI is InChI=1S/C11H16N4S/c1-9(2)13-5-10-3-4-14-15(10)7-11-6-12-8-16-11/h3-4,6,8-9,13H,5,7H2,1-2H3. The Bertz CT molecular complexity index is 419. The summed E-state index contributed by atoms with van der Waals surface area (Å²) in [6, 6.07) is 2.54. The molecule has 0 fully saturated rings. The highest BCUT2D eigenvalue weighted by molar-refractivity contribution is 7.09. The molecule has 86 valence electrons. The minimum absolute atomic E-state index is 0.492. The summed E-state index contributed by atoms with van der Waals surface area (Å²) in [4.78, 5) is 5.30. The molecule has 16 heavy (non-hydrogen) atoms. The van der Waals surface area contributed by atoms with Crippen molar-refractivity contribution in [1.82, 2.24) is 20.1 Å². The van der Waals surface area contributed by atoms with E-state index in [-0.39, 0.29) is 0 Å². The first kappa shape index (κ1) is 11.3. The number of hydrogen-bond donors (Lipinski definition) is 1. The topological polar surface area (TPSA) is 42.7 Å². The summed E-state index contributed by atoms with van der Waals surface area (Å²) in [7, 11) is 0. The lowest BCUT2D eigenvalue weighted by Crippen LogP contribution is -2.23. The molecule has 2 aromatic heterocycles. The molecule has 0 spiro atoms. The van der Waals surface area contributed by atoms with Gasteiger partial charge in [-0.15, -0.1) is 11.3 Å². The summed E-state index contributed by atoms with van der Waals surface area (Å²) >= 11 is 1.66. The molecule has 0 amide bonds. The molecule has 0 unspecified atom stereocenters. The van der Waals surface area contributed by atoms with E-state index in [1.807, 2.05) is 22.6 Å². The van der Waals surface area contributed by atoms with Gasteiger partial charge < -0.3 is 5.32 Å². The Balaban J connectivity index is 2.01. The van der Waals surface area contributed by atoms with Crippen LogP contribution >= 0.6 is 11.3 Å². The molecule has 5 heteroatoms. The highest BCUT2D eigenvalue weighted by Gasteiger charge is 2.04. The van der Waals surface area contributed by atoms with E-state index in [4.69, 9.17) is 0 Å². The molecular weight excluding hydrogens is 220 g/mol. The van der Waals surface area contributed by atoms with Crippen LogP contribution in [0, 0.1) is 0 Å². The van der Waals surface area contributed by atoms with Crippen molar-refractivity contribution in [2.45, 2.75) is 33.0 Å². The van der Waals surface area contributed by atoms with Gasteiger partial charge in [-0.1, -0.05) is 13.8 Å². The van der Waals surface area contributed by atoms with E-state index in [9.17, 15) is 0 Å². The number of nitrogens with one attached hydrogen (secondary N) is 1. The van der Waals surface area contributed by atoms with Crippen LogP contribution in [-0.4, -0.2) is 20.8 Å². The molecule has 0 aliphatic carbocycles. The summed E-state index contributed by atoms with van der Waals surface area (Å²) < 4.78 is 2.02. The van der Waals surface area contributed by atoms with Gasteiger partial charge in [0.05, 0.1) is 17.7 Å². The van der Waals surface area contributed by atoms with Crippen molar-refractivity contribution in [3.63, 3.8) is 0 Å². The van der Waals surface area contributed by atoms with Crippen LogP contribution in [0.1, 0.15) is 24.4 Å². The van der Waals surface area contributed by atoms with E-state index < -0.39 is 0 Å². The fraction of sp³-hybridized carbons (Fsp3) is 0.455. The first-order chi connectivity index (χ1) is 7.75. The number of nitrogens with zero attached hydrogens (tertiary/aromatic N) is 3. The zero-order chi connectivity index (χ0) is 11.4. The van der Waals surface area contributed by atoms with Crippen LogP contribution in [0.2, 0.25) is 0 Å². The molecule has 2 rings (SSSR count). The largest absolute Gasteiger partial charge is 0.309 e. The fourth-order valence-corrected chi connectivity index (χ4v) is 2.00. The van der Waals surface area contributed by atoms with Gasteiger partial charge in [0, 0.05) is 29.9 Å². The van der Waals surface area contributed by atoms with Gasteiger partial charge in [-0.05, 0) is 6.07 Å². The average molecular weight is 236 g/mol. The maximum Gasteiger partial charge on any atom is 0.0794 e. The summed E-state index contributed by atoms with van der Waals surface area (Å²) in [5.41, 5.74) is 3.06. The van der Waals surface area contributed by atoms with Crippen molar-refractivity contribution >= 4 is 11.3 Å². The van der Waals surface area contributed by atoms with Crippen LogP contribution in [0.25, 0.3) is 0 Å². The van der Waals surface area contributed by atoms with E-state index in [1.165, 1.54) is 10.6 Å². The Morgan fingerprint density at radius 2 is 2.38 bits per heavy atom. The molecule has 0 aliphatic rings. The van der Waals surface area contributed by atoms with Gasteiger partial charge in [-0.3, -0.25) is 9.67 Å². The Morgan fingerprint density at radius 3 is 3.06 bits per heavy atom. The SMILES string of the molecule is CC(C)NCc1ccnn1Cc1cncs1. The molecular formula is C11H16N4S. The van der Waals surface area contributed by atoms with Crippen molar-refractivity contribution in [2.24, 2.45) is 0 Å². The van der Waals surface area contributed by atoms with Gasteiger partial charge in [-0.25, -0.2) is 0 Å². The van der Waals surface area contributed by atoms with Crippen molar-refractivity contribution in [1.29, 1.82) is 0 Å². The van der Waals surface area contributed by atoms with Gasteiger partial charge in [0.25, 0.3) is 0 Å². The molecule has 2 heterocycles. The minimum Gasteiger partial charge on any atom is -0.309 e. The zero-order valence-electron chi connectivity index (χ0n) is 9.55. The number of hydrogen-bond acceptors (Lipinski definition) is 4. The molecule has 0 aromatic carbocycles. The number of rotatable bonds is 5. The van der Waals surface area contributed by atoms with Crippen LogP contribution < -0.4 is 5.32 Å². The van der Waals surface area contributed by atoms with Crippen molar-refractivity contribution in [3.8, 4) is 0 Å². The molecule has 0 atom stereocenters. The van der Waals surface area contributed by atoms with Crippen LogP contribution in [0.15, 0.2) is 24.0 Å². The van der Waals surface area contributed by atoms with Gasteiger partial charge in [0.15, 0.2) is 0 Å². The molecule has 2 aromatic rings. The van der Waals surface area contributed by atoms with Crippen molar-refractivity contribution in [2.75, 3.05) is 0 Å². The second-order valence-electron chi connectivity index (χ2n) is 3.98. The average Bonchev–Trinajstić information content (AvgIpc) is 2.87. The predicted molar refractivity (Wildman–Crippen MR) is 65.4 cm³/mol. The normalized spacial score (nSPS) is 11.2. The predicted octanol–water partition coefficient (Wildman–Crippen LogP) is 1.89. The van der Waals surface area contributed by atoms with Gasteiger partial charge in [0.1, 0.15) is 0 Å². The Kier molecular flexibility index (Phi) is 3.69. The first-order valence-electron chi connectivity index (χ1n) is 5.37. The monoisotopic (exact) mass is 236 g/mol. The quantitative estimate of drug-likeness (QED) is 0.862. The highest BCUT2D eigenvalue weighted by atomic mass is 32.1. The molecule has 0 saturated heterocycles. The third-order valence-electron chi connectivity index (χ3n) is 2.29. The van der Waals surface area contributed by atoms with Crippen LogP contribution in [0.5, 0.6) is 0 Å². The third kappa shape index (κ3) is 2.90. The molecule has 4 nitrogen and oxygen atoms in total. The smallest absolute Gasteiger partial charge is 0.0794 e. The van der Waals surface area contributed by atoms with Crippen LogP contribution in [0.4, 0.5) is 0 Å². The highest BCUT2D eigenvalue weighted by Crippen LogP contribution is 2.09. The lowest BCUT2D eigenvalue weighted by atomic mass is 10.3. The Labute approximate surface area is 99.3 Å². The number of thiazole rings is 1. The van der Waals surface area contributed by atoms with E-state index in [1.54, 1.807) is 11.3 Å².